The average molecular weight is 215 g/mol. The second-order valence-electron chi connectivity index (χ2n) is 3.73. The monoisotopic (exact) mass is 215 g/mol. The van der Waals surface area contributed by atoms with E-state index in [9.17, 15) is 4.79 Å². The zero-order valence-electron chi connectivity index (χ0n) is 8.40. The SMILES string of the molecule is Cc1coc(SCC(C)(C)C(=O)O)n1. The van der Waals surface area contributed by atoms with Gasteiger partial charge in [0.25, 0.3) is 5.22 Å². The average Bonchev–Trinajstić information content (AvgIpc) is 2.48. The topological polar surface area (TPSA) is 63.3 Å². The van der Waals surface area contributed by atoms with E-state index in [4.69, 9.17) is 9.52 Å². The molecular weight excluding hydrogens is 202 g/mol. The third kappa shape index (κ3) is 2.77. The highest BCUT2D eigenvalue weighted by molar-refractivity contribution is 7.99. The molecular formula is C9H13NO3S. The second-order valence-corrected chi connectivity index (χ2v) is 4.66. The van der Waals surface area contributed by atoms with Gasteiger partial charge in [-0.15, -0.1) is 0 Å². The highest BCUT2D eigenvalue weighted by Crippen LogP contribution is 2.27. The number of carboxylic acids is 1. The smallest absolute Gasteiger partial charge is 0.309 e. The standard InChI is InChI=1S/C9H13NO3S/c1-6-4-13-8(10-6)14-5-9(2,3)7(11)12/h4H,5H2,1-3H3,(H,11,12). The summed E-state index contributed by atoms with van der Waals surface area (Å²) in [6.45, 7) is 5.19. The van der Waals surface area contributed by atoms with E-state index < -0.39 is 11.4 Å². The third-order valence-electron chi connectivity index (χ3n) is 1.73. The molecule has 0 bridgehead atoms. The van der Waals surface area contributed by atoms with Crippen molar-refractivity contribution in [3.05, 3.63) is 12.0 Å². The number of nitrogens with zero attached hydrogens (tertiary/aromatic N) is 1. The molecule has 1 aromatic rings. The fourth-order valence-corrected chi connectivity index (χ4v) is 1.64. The van der Waals surface area contributed by atoms with Crippen molar-refractivity contribution in [3.8, 4) is 0 Å². The van der Waals surface area contributed by atoms with Crippen molar-refractivity contribution in [1.82, 2.24) is 4.98 Å². The molecule has 78 valence electrons. The Balaban J connectivity index is 2.52. The first-order chi connectivity index (χ1) is 6.42. The Morgan fingerprint density at radius 1 is 1.71 bits per heavy atom. The zero-order chi connectivity index (χ0) is 10.8. The van der Waals surface area contributed by atoms with Crippen LogP contribution in [0.3, 0.4) is 0 Å². The number of aryl methyl sites for hydroxylation is 1. The van der Waals surface area contributed by atoms with E-state index in [-0.39, 0.29) is 0 Å². The summed E-state index contributed by atoms with van der Waals surface area (Å²) in [6, 6.07) is 0. The van der Waals surface area contributed by atoms with Gasteiger partial charge in [-0.1, -0.05) is 11.8 Å². The number of rotatable bonds is 4. The van der Waals surface area contributed by atoms with E-state index in [1.807, 2.05) is 6.92 Å². The van der Waals surface area contributed by atoms with Crippen LogP contribution in [0.5, 0.6) is 0 Å². The first-order valence-corrected chi connectivity index (χ1v) is 5.19. The molecule has 0 fully saturated rings. The van der Waals surface area contributed by atoms with Gasteiger partial charge in [0.05, 0.1) is 11.1 Å². The molecule has 0 aromatic carbocycles. The Bertz CT molecular complexity index is 333. The maximum atomic E-state index is 10.8. The van der Waals surface area contributed by atoms with Gasteiger partial charge in [-0.3, -0.25) is 4.79 Å². The van der Waals surface area contributed by atoms with Crippen LogP contribution in [0.15, 0.2) is 15.9 Å². The summed E-state index contributed by atoms with van der Waals surface area (Å²) >= 11 is 1.32. The van der Waals surface area contributed by atoms with Crippen molar-refractivity contribution in [2.24, 2.45) is 5.41 Å². The molecule has 1 rings (SSSR count). The number of aromatic nitrogens is 1. The van der Waals surface area contributed by atoms with Crippen molar-refractivity contribution in [3.63, 3.8) is 0 Å². The van der Waals surface area contributed by atoms with Crippen LogP contribution < -0.4 is 0 Å². The summed E-state index contributed by atoms with van der Waals surface area (Å²) in [7, 11) is 0. The molecule has 0 saturated heterocycles. The zero-order valence-corrected chi connectivity index (χ0v) is 9.22. The van der Waals surface area contributed by atoms with E-state index in [1.165, 1.54) is 11.8 Å². The minimum atomic E-state index is -0.812. The van der Waals surface area contributed by atoms with E-state index in [2.05, 4.69) is 4.98 Å². The molecule has 4 nitrogen and oxygen atoms in total. The molecule has 0 amide bonds. The van der Waals surface area contributed by atoms with Crippen LogP contribution >= 0.6 is 11.8 Å². The molecule has 0 spiro atoms. The van der Waals surface area contributed by atoms with Crippen LogP contribution in [0.2, 0.25) is 0 Å². The van der Waals surface area contributed by atoms with Crippen LogP contribution in [-0.2, 0) is 4.79 Å². The summed E-state index contributed by atoms with van der Waals surface area (Å²) in [4.78, 5) is 14.9. The van der Waals surface area contributed by atoms with Crippen molar-refractivity contribution in [2.45, 2.75) is 26.0 Å². The highest BCUT2D eigenvalue weighted by Gasteiger charge is 2.27. The maximum Gasteiger partial charge on any atom is 0.309 e. The molecule has 0 radical (unpaired) electrons. The number of thioether (sulfide) groups is 1. The summed E-state index contributed by atoms with van der Waals surface area (Å²) in [5.41, 5.74) is 0.0492. The Hall–Kier alpha value is -0.970. The van der Waals surface area contributed by atoms with Gasteiger partial charge in [-0.25, -0.2) is 4.98 Å². The number of oxazole rings is 1. The second kappa shape index (κ2) is 4.04. The summed E-state index contributed by atoms with van der Waals surface area (Å²) < 4.78 is 5.10. The van der Waals surface area contributed by atoms with Gasteiger partial charge in [-0.2, -0.15) is 0 Å². The van der Waals surface area contributed by atoms with Crippen LogP contribution in [0.4, 0.5) is 0 Å². The van der Waals surface area contributed by atoms with Gasteiger partial charge >= 0.3 is 5.97 Å². The molecule has 14 heavy (non-hydrogen) atoms. The minimum absolute atomic E-state index is 0.447. The quantitative estimate of drug-likeness (QED) is 0.780. The van der Waals surface area contributed by atoms with Gasteiger partial charge < -0.3 is 9.52 Å². The van der Waals surface area contributed by atoms with Crippen molar-refractivity contribution in [2.75, 3.05) is 5.75 Å². The molecule has 0 aliphatic rings. The molecule has 1 N–H and O–H groups in total. The molecule has 0 aliphatic carbocycles. The maximum absolute atomic E-state index is 10.8. The lowest BCUT2D eigenvalue weighted by Gasteiger charge is -2.16. The number of carbonyl (C=O) groups is 1. The molecule has 0 atom stereocenters. The van der Waals surface area contributed by atoms with E-state index in [1.54, 1.807) is 20.1 Å². The summed E-state index contributed by atoms with van der Waals surface area (Å²) in [5, 5.41) is 9.38. The number of aliphatic carboxylic acids is 1. The van der Waals surface area contributed by atoms with E-state index in [0.717, 1.165) is 5.69 Å². The van der Waals surface area contributed by atoms with Crippen molar-refractivity contribution in [1.29, 1.82) is 0 Å². The van der Waals surface area contributed by atoms with Gasteiger partial charge in [0.2, 0.25) is 0 Å². The number of carboxylic acid groups (broad SMARTS) is 1. The summed E-state index contributed by atoms with van der Waals surface area (Å²) in [5.74, 6) is -0.365. The van der Waals surface area contributed by atoms with Gasteiger partial charge in [0, 0.05) is 5.75 Å². The fourth-order valence-electron chi connectivity index (χ4n) is 0.703. The Morgan fingerprint density at radius 3 is 2.79 bits per heavy atom. The first kappa shape index (κ1) is 11.1. The van der Waals surface area contributed by atoms with Crippen LogP contribution in [0, 0.1) is 12.3 Å². The molecule has 1 aromatic heterocycles. The van der Waals surface area contributed by atoms with Crippen molar-refractivity contribution < 1.29 is 14.3 Å². The van der Waals surface area contributed by atoms with Gasteiger partial charge in [0.1, 0.15) is 6.26 Å². The Kier molecular flexibility index (Phi) is 3.21. The van der Waals surface area contributed by atoms with E-state index >= 15 is 0 Å². The lowest BCUT2D eigenvalue weighted by Crippen LogP contribution is -2.26. The third-order valence-corrected chi connectivity index (χ3v) is 3.03. The van der Waals surface area contributed by atoms with Crippen molar-refractivity contribution >= 4 is 17.7 Å². The molecule has 0 saturated carbocycles. The lowest BCUT2D eigenvalue weighted by molar-refractivity contribution is -0.145. The van der Waals surface area contributed by atoms with Crippen LogP contribution in [-0.4, -0.2) is 21.8 Å². The molecule has 0 aliphatic heterocycles. The Labute approximate surface area is 86.7 Å². The summed E-state index contributed by atoms with van der Waals surface area (Å²) in [6.07, 6.45) is 1.55. The normalized spacial score (nSPS) is 11.6. The number of hydrogen-bond donors (Lipinski definition) is 1. The predicted octanol–water partition coefficient (Wildman–Crippen LogP) is 2.19. The van der Waals surface area contributed by atoms with Crippen LogP contribution in [0.25, 0.3) is 0 Å². The van der Waals surface area contributed by atoms with Crippen LogP contribution in [0.1, 0.15) is 19.5 Å². The largest absolute Gasteiger partial charge is 0.481 e. The van der Waals surface area contributed by atoms with Gasteiger partial charge in [0.15, 0.2) is 0 Å². The van der Waals surface area contributed by atoms with Gasteiger partial charge in [-0.05, 0) is 20.8 Å². The van der Waals surface area contributed by atoms with E-state index in [0.29, 0.717) is 11.0 Å². The molecule has 1 heterocycles. The predicted molar refractivity (Wildman–Crippen MR) is 53.4 cm³/mol. The highest BCUT2D eigenvalue weighted by atomic mass is 32.2. The lowest BCUT2D eigenvalue weighted by atomic mass is 9.97. The Morgan fingerprint density at radius 2 is 2.36 bits per heavy atom. The first-order valence-electron chi connectivity index (χ1n) is 4.20. The molecule has 0 unspecified atom stereocenters. The minimum Gasteiger partial charge on any atom is -0.481 e. The molecule has 5 heteroatoms. The number of hydrogen-bond acceptors (Lipinski definition) is 4. The fraction of sp³-hybridized carbons (Fsp3) is 0.556.